The van der Waals surface area contributed by atoms with E-state index < -0.39 is 11.7 Å². The lowest BCUT2D eigenvalue weighted by Crippen LogP contribution is -2.45. The van der Waals surface area contributed by atoms with Crippen LogP contribution in [0, 0.1) is 6.92 Å². The number of piperazine rings is 1. The molecule has 198 valence electrons. The lowest BCUT2D eigenvalue weighted by Gasteiger charge is -2.35. The number of ether oxygens (including phenoxy) is 3. The van der Waals surface area contributed by atoms with E-state index in [9.17, 15) is 13.2 Å². The van der Waals surface area contributed by atoms with E-state index in [4.69, 9.17) is 14.2 Å². The van der Waals surface area contributed by atoms with Gasteiger partial charge in [0.05, 0.1) is 26.9 Å². The first-order valence-electron chi connectivity index (χ1n) is 12.2. The number of aryl methyl sites for hydroxylation is 1. The standard InChI is InChI=1S/C29H33F3N2O3/c1-20-5-6-22(21-7-10-25(11-8-21)29(30,31)32)17-24(20)19-34-15-13-33(14-16-34)18-23-9-12-26(35-2)28(37-4)27(23)36-3/h5-12,17H,13-16,18-19H2,1-4H3. The minimum atomic E-state index is -4.33. The van der Waals surface area contributed by atoms with Crippen molar-refractivity contribution in [2.24, 2.45) is 0 Å². The normalized spacial score (nSPS) is 15.0. The molecule has 0 aromatic heterocycles. The molecule has 8 heteroatoms. The molecule has 1 saturated heterocycles. The Morgan fingerprint density at radius 2 is 1.24 bits per heavy atom. The fourth-order valence-corrected chi connectivity index (χ4v) is 4.75. The van der Waals surface area contributed by atoms with Crippen molar-refractivity contribution in [2.75, 3.05) is 47.5 Å². The molecule has 0 spiro atoms. The van der Waals surface area contributed by atoms with E-state index in [0.717, 1.165) is 68.1 Å². The Kier molecular flexibility index (Phi) is 8.29. The number of halogens is 3. The highest BCUT2D eigenvalue weighted by Crippen LogP contribution is 2.40. The second-order valence-electron chi connectivity index (χ2n) is 9.26. The zero-order chi connectivity index (χ0) is 26.6. The molecule has 0 amide bonds. The first-order chi connectivity index (χ1) is 17.7. The van der Waals surface area contributed by atoms with Gasteiger partial charge in [0.1, 0.15) is 0 Å². The molecule has 4 rings (SSSR count). The predicted molar refractivity (Wildman–Crippen MR) is 138 cm³/mol. The molecule has 37 heavy (non-hydrogen) atoms. The summed E-state index contributed by atoms with van der Waals surface area (Å²) < 4.78 is 55.3. The summed E-state index contributed by atoms with van der Waals surface area (Å²) in [6.07, 6.45) is -4.33. The van der Waals surface area contributed by atoms with Crippen LogP contribution in [0.15, 0.2) is 54.6 Å². The molecule has 1 heterocycles. The fraction of sp³-hybridized carbons (Fsp3) is 0.379. The lowest BCUT2D eigenvalue weighted by atomic mass is 9.98. The van der Waals surface area contributed by atoms with Gasteiger partial charge in [-0.15, -0.1) is 0 Å². The quantitative estimate of drug-likeness (QED) is 0.367. The zero-order valence-electron chi connectivity index (χ0n) is 21.7. The molecule has 3 aromatic carbocycles. The molecular formula is C29H33F3N2O3. The maximum absolute atomic E-state index is 12.9. The van der Waals surface area contributed by atoms with Crippen molar-refractivity contribution in [1.82, 2.24) is 9.80 Å². The molecule has 0 N–H and O–H groups in total. The van der Waals surface area contributed by atoms with Crippen LogP contribution in [-0.4, -0.2) is 57.3 Å². The second-order valence-corrected chi connectivity index (χ2v) is 9.26. The van der Waals surface area contributed by atoms with Crippen molar-refractivity contribution in [2.45, 2.75) is 26.2 Å². The smallest absolute Gasteiger partial charge is 0.416 e. The topological polar surface area (TPSA) is 34.2 Å². The number of alkyl halides is 3. The zero-order valence-corrected chi connectivity index (χ0v) is 21.7. The van der Waals surface area contributed by atoms with Gasteiger partial charge in [-0.25, -0.2) is 0 Å². The average molecular weight is 515 g/mol. The van der Waals surface area contributed by atoms with E-state index in [1.807, 2.05) is 24.3 Å². The monoisotopic (exact) mass is 514 g/mol. The number of hydrogen-bond donors (Lipinski definition) is 0. The van der Waals surface area contributed by atoms with Crippen molar-refractivity contribution in [1.29, 1.82) is 0 Å². The summed E-state index contributed by atoms with van der Waals surface area (Å²) in [6.45, 7) is 7.28. The van der Waals surface area contributed by atoms with Crippen LogP contribution in [0.4, 0.5) is 13.2 Å². The van der Waals surface area contributed by atoms with Crippen LogP contribution in [0.3, 0.4) is 0 Å². The van der Waals surface area contributed by atoms with Crippen LogP contribution in [0.2, 0.25) is 0 Å². The predicted octanol–water partition coefficient (Wildman–Crippen LogP) is 6.02. The molecule has 0 aliphatic carbocycles. The van der Waals surface area contributed by atoms with Crippen molar-refractivity contribution >= 4 is 0 Å². The maximum Gasteiger partial charge on any atom is 0.416 e. The van der Waals surface area contributed by atoms with Gasteiger partial charge in [-0.05, 0) is 53.4 Å². The van der Waals surface area contributed by atoms with Gasteiger partial charge in [0.2, 0.25) is 5.75 Å². The molecule has 0 atom stereocenters. The minimum Gasteiger partial charge on any atom is -0.493 e. The van der Waals surface area contributed by atoms with Crippen LogP contribution in [0.5, 0.6) is 17.2 Å². The Balaban J connectivity index is 1.40. The van der Waals surface area contributed by atoms with Crippen molar-refractivity contribution in [3.8, 4) is 28.4 Å². The average Bonchev–Trinajstić information content (AvgIpc) is 2.90. The molecule has 0 bridgehead atoms. The number of hydrogen-bond acceptors (Lipinski definition) is 5. The summed E-state index contributed by atoms with van der Waals surface area (Å²) in [6, 6.07) is 15.4. The van der Waals surface area contributed by atoms with E-state index in [2.05, 4.69) is 22.8 Å². The van der Waals surface area contributed by atoms with Crippen LogP contribution in [-0.2, 0) is 19.3 Å². The first kappa shape index (κ1) is 26.8. The highest BCUT2D eigenvalue weighted by Gasteiger charge is 2.30. The van der Waals surface area contributed by atoms with E-state index in [1.165, 1.54) is 11.1 Å². The summed E-state index contributed by atoms with van der Waals surface area (Å²) in [5.41, 5.74) is 4.48. The van der Waals surface area contributed by atoms with E-state index >= 15 is 0 Å². The molecule has 1 aliphatic heterocycles. The number of nitrogens with zero attached hydrogens (tertiary/aromatic N) is 2. The number of benzene rings is 3. The minimum absolute atomic E-state index is 0.601. The Bertz CT molecular complexity index is 1200. The molecular weight excluding hydrogens is 481 g/mol. The van der Waals surface area contributed by atoms with Crippen molar-refractivity contribution < 1.29 is 27.4 Å². The Morgan fingerprint density at radius 3 is 1.78 bits per heavy atom. The summed E-state index contributed by atoms with van der Waals surface area (Å²) in [5.74, 6) is 1.94. The molecule has 0 saturated carbocycles. The lowest BCUT2D eigenvalue weighted by molar-refractivity contribution is -0.137. The molecule has 0 radical (unpaired) electrons. The maximum atomic E-state index is 12.9. The van der Waals surface area contributed by atoms with Gasteiger partial charge >= 0.3 is 6.18 Å². The van der Waals surface area contributed by atoms with Gasteiger partial charge in [-0.1, -0.05) is 30.3 Å². The first-order valence-corrected chi connectivity index (χ1v) is 12.2. The van der Waals surface area contributed by atoms with Gasteiger partial charge in [-0.3, -0.25) is 9.80 Å². The van der Waals surface area contributed by atoms with Gasteiger partial charge in [0.15, 0.2) is 11.5 Å². The van der Waals surface area contributed by atoms with Crippen molar-refractivity contribution in [3.63, 3.8) is 0 Å². The van der Waals surface area contributed by atoms with E-state index in [0.29, 0.717) is 17.2 Å². The Labute approximate surface area is 216 Å². The second kappa shape index (κ2) is 11.4. The van der Waals surface area contributed by atoms with Gasteiger partial charge in [0, 0.05) is 44.8 Å². The Morgan fingerprint density at radius 1 is 0.676 bits per heavy atom. The van der Waals surface area contributed by atoms with Gasteiger partial charge in [0.25, 0.3) is 0 Å². The fourth-order valence-electron chi connectivity index (χ4n) is 4.75. The number of rotatable bonds is 8. The summed E-state index contributed by atoms with van der Waals surface area (Å²) >= 11 is 0. The van der Waals surface area contributed by atoms with Crippen LogP contribution >= 0.6 is 0 Å². The van der Waals surface area contributed by atoms with Crippen LogP contribution in [0.1, 0.15) is 22.3 Å². The molecule has 0 unspecified atom stereocenters. The third-order valence-corrected chi connectivity index (χ3v) is 6.93. The highest BCUT2D eigenvalue weighted by atomic mass is 19.4. The molecule has 5 nitrogen and oxygen atoms in total. The Hall–Kier alpha value is -3.23. The molecule has 1 fully saturated rings. The van der Waals surface area contributed by atoms with E-state index in [-0.39, 0.29) is 0 Å². The number of methoxy groups -OCH3 is 3. The van der Waals surface area contributed by atoms with Crippen LogP contribution in [0.25, 0.3) is 11.1 Å². The summed E-state index contributed by atoms with van der Waals surface area (Å²) in [4.78, 5) is 4.81. The third kappa shape index (κ3) is 6.19. The molecule has 3 aromatic rings. The van der Waals surface area contributed by atoms with Gasteiger partial charge in [-0.2, -0.15) is 13.2 Å². The molecule has 1 aliphatic rings. The third-order valence-electron chi connectivity index (χ3n) is 6.93. The van der Waals surface area contributed by atoms with E-state index in [1.54, 1.807) is 33.5 Å². The van der Waals surface area contributed by atoms with Gasteiger partial charge < -0.3 is 14.2 Å². The summed E-state index contributed by atoms with van der Waals surface area (Å²) in [5, 5.41) is 0. The van der Waals surface area contributed by atoms with Crippen LogP contribution < -0.4 is 14.2 Å². The summed E-state index contributed by atoms with van der Waals surface area (Å²) in [7, 11) is 4.86. The largest absolute Gasteiger partial charge is 0.493 e. The highest BCUT2D eigenvalue weighted by molar-refractivity contribution is 5.65. The SMILES string of the molecule is COc1ccc(CN2CCN(Cc3cc(-c4ccc(C(F)(F)F)cc4)ccc3C)CC2)c(OC)c1OC. The van der Waals surface area contributed by atoms with Crippen molar-refractivity contribution in [3.05, 3.63) is 76.9 Å².